The molecule has 0 aromatic carbocycles. The van der Waals surface area contributed by atoms with E-state index in [2.05, 4.69) is 32.7 Å². The van der Waals surface area contributed by atoms with Gasteiger partial charge in [-0.1, -0.05) is 6.92 Å². The molecule has 1 fully saturated rings. The summed E-state index contributed by atoms with van der Waals surface area (Å²) in [6.07, 6.45) is 3.61. The van der Waals surface area contributed by atoms with Gasteiger partial charge in [0, 0.05) is 30.3 Å². The molecular weight excluding hydrogens is 216 g/mol. The van der Waals surface area contributed by atoms with Crippen LogP contribution in [0, 0.1) is 5.92 Å². The molecular formula is C13H20N2O2. The predicted molar refractivity (Wildman–Crippen MR) is 65.3 cm³/mol. The van der Waals surface area contributed by atoms with Gasteiger partial charge in [-0.05, 0) is 33.2 Å². The summed E-state index contributed by atoms with van der Waals surface area (Å²) < 4.78 is 0. The Kier molecular flexibility index (Phi) is 2.86. The summed E-state index contributed by atoms with van der Waals surface area (Å²) in [4.78, 5) is 27.2. The Bertz CT molecular complexity index is 369. The molecule has 1 saturated heterocycles. The van der Waals surface area contributed by atoms with Crippen molar-refractivity contribution in [1.82, 2.24) is 9.80 Å². The molecule has 0 aromatic heterocycles. The van der Waals surface area contributed by atoms with Crippen LogP contribution in [0.3, 0.4) is 0 Å². The van der Waals surface area contributed by atoms with Gasteiger partial charge in [-0.2, -0.15) is 0 Å². The van der Waals surface area contributed by atoms with Crippen molar-refractivity contribution in [3.63, 3.8) is 0 Å². The summed E-state index contributed by atoms with van der Waals surface area (Å²) in [7, 11) is 2.10. The second-order valence-electron chi connectivity index (χ2n) is 5.60. The van der Waals surface area contributed by atoms with E-state index < -0.39 is 0 Å². The van der Waals surface area contributed by atoms with E-state index in [0.29, 0.717) is 0 Å². The van der Waals surface area contributed by atoms with Crippen molar-refractivity contribution >= 4 is 11.8 Å². The number of imide groups is 1. The van der Waals surface area contributed by atoms with Crippen molar-refractivity contribution < 1.29 is 9.59 Å². The lowest BCUT2D eigenvalue weighted by molar-refractivity contribution is -0.144. The topological polar surface area (TPSA) is 40.6 Å². The summed E-state index contributed by atoms with van der Waals surface area (Å²) in [6, 6.07) is 0.0243. The first kappa shape index (κ1) is 12.3. The fraction of sp³-hybridized carbons (Fsp3) is 0.692. The van der Waals surface area contributed by atoms with Crippen molar-refractivity contribution in [2.45, 2.75) is 38.8 Å². The smallest absolute Gasteiger partial charge is 0.253 e. The zero-order valence-corrected chi connectivity index (χ0v) is 10.9. The molecule has 4 heteroatoms. The third-order valence-corrected chi connectivity index (χ3v) is 4.61. The van der Waals surface area contributed by atoms with Gasteiger partial charge < -0.3 is 4.90 Å². The van der Waals surface area contributed by atoms with Gasteiger partial charge in [0.1, 0.15) is 0 Å². The molecule has 0 bridgehead atoms. The predicted octanol–water partition coefficient (Wildman–Crippen LogP) is 1.03. The second-order valence-corrected chi connectivity index (χ2v) is 5.60. The third-order valence-electron chi connectivity index (χ3n) is 4.61. The van der Waals surface area contributed by atoms with Gasteiger partial charge >= 0.3 is 0 Å². The fourth-order valence-corrected chi connectivity index (χ4v) is 2.77. The summed E-state index contributed by atoms with van der Waals surface area (Å²) >= 11 is 0. The molecule has 2 unspecified atom stereocenters. The van der Waals surface area contributed by atoms with E-state index in [9.17, 15) is 9.59 Å². The van der Waals surface area contributed by atoms with Crippen molar-refractivity contribution in [2.75, 3.05) is 13.6 Å². The maximum atomic E-state index is 11.7. The van der Waals surface area contributed by atoms with E-state index >= 15 is 0 Å². The van der Waals surface area contributed by atoms with Crippen LogP contribution in [0.1, 0.15) is 27.2 Å². The zero-order chi connectivity index (χ0) is 12.8. The molecule has 2 rings (SSSR count). The first-order valence-electron chi connectivity index (χ1n) is 6.12. The van der Waals surface area contributed by atoms with Crippen LogP contribution in [0.2, 0.25) is 0 Å². The Hall–Kier alpha value is -1.16. The van der Waals surface area contributed by atoms with Crippen LogP contribution in [0.25, 0.3) is 0 Å². The third kappa shape index (κ3) is 1.80. The van der Waals surface area contributed by atoms with E-state index in [0.717, 1.165) is 13.0 Å². The molecule has 0 spiro atoms. The molecule has 2 aliphatic rings. The fourth-order valence-electron chi connectivity index (χ4n) is 2.77. The molecule has 2 amide bonds. The molecule has 2 aliphatic heterocycles. The Balaban J connectivity index is 2.23. The minimum Gasteiger partial charge on any atom is -0.301 e. The number of hydrogen-bond donors (Lipinski definition) is 0. The number of carbonyl (C=O) groups is 2. The molecule has 4 nitrogen and oxygen atoms in total. The number of carbonyl (C=O) groups excluding carboxylic acids is 2. The highest BCUT2D eigenvalue weighted by Gasteiger charge is 2.45. The summed E-state index contributed by atoms with van der Waals surface area (Å²) in [5.41, 5.74) is 0.00602. The molecule has 94 valence electrons. The molecule has 0 saturated carbocycles. The van der Waals surface area contributed by atoms with Crippen molar-refractivity contribution in [2.24, 2.45) is 5.92 Å². The minimum absolute atomic E-state index is 0.00602. The summed E-state index contributed by atoms with van der Waals surface area (Å²) in [5, 5.41) is 0. The maximum Gasteiger partial charge on any atom is 0.253 e. The van der Waals surface area contributed by atoms with Crippen LogP contribution in [0.15, 0.2) is 12.2 Å². The highest BCUT2D eigenvalue weighted by Crippen LogP contribution is 2.35. The number of rotatable bonds is 1. The number of nitrogens with zero attached hydrogens (tertiary/aromatic N) is 2. The van der Waals surface area contributed by atoms with E-state index in [1.807, 2.05) is 0 Å². The maximum absolute atomic E-state index is 11.7. The summed E-state index contributed by atoms with van der Waals surface area (Å²) in [5.74, 6) is -0.0477. The monoisotopic (exact) mass is 236 g/mol. The number of hydrogen-bond acceptors (Lipinski definition) is 3. The molecule has 17 heavy (non-hydrogen) atoms. The van der Waals surface area contributed by atoms with E-state index in [1.165, 1.54) is 17.1 Å². The number of likely N-dealkylation sites (tertiary alicyclic amines) is 1. The van der Waals surface area contributed by atoms with Gasteiger partial charge in [-0.15, -0.1) is 0 Å². The average molecular weight is 236 g/mol. The zero-order valence-electron chi connectivity index (χ0n) is 10.9. The van der Waals surface area contributed by atoms with Gasteiger partial charge in [0.2, 0.25) is 0 Å². The minimum atomic E-state index is -0.160. The second kappa shape index (κ2) is 3.95. The van der Waals surface area contributed by atoms with Crippen LogP contribution in [0.5, 0.6) is 0 Å². The van der Waals surface area contributed by atoms with Crippen molar-refractivity contribution in [3.8, 4) is 0 Å². The van der Waals surface area contributed by atoms with E-state index in [4.69, 9.17) is 0 Å². The van der Waals surface area contributed by atoms with Crippen molar-refractivity contribution in [3.05, 3.63) is 12.2 Å². The van der Waals surface area contributed by atoms with Crippen LogP contribution in [0.4, 0.5) is 0 Å². The molecule has 0 aromatic rings. The Morgan fingerprint density at radius 3 is 2.29 bits per heavy atom. The van der Waals surface area contributed by atoms with E-state index in [-0.39, 0.29) is 29.3 Å². The van der Waals surface area contributed by atoms with Gasteiger partial charge in [-0.25, -0.2) is 0 Å². The Labute approximate surface area is 102 Å². The Morgan fingerprint density at radius 1 is 1.24 bits per heavy atom. The van der Waals surface area contributed by atoms with Gasteiger partial charge in [0.15, 0.2) is 0 Å². The first-order valence-corrected chi connectivity index (χ1v) is 6.12. The van der Waals surface area contributed by atoms with Crippen LogP contribution in [-0.4, -0.2) is 46.8 Å². The van der Waals surface area contributed by atoms with Gasteiger partial charge in [0.05, 0.1) is 0 Å². The number of amides is 2. The molecule has 0 radical (unpaired) electrons. The highest BCUT2D eigenvalue weighted by atomic mass is 16.2. The lowest BCUT2D eigenvalue weighted by Crippen LogP contribution is -2.60. The van der Waals surface area contributed by atoms with Crippen LogP contribution in [-0.2, 0) is 9.59 Å². The average Bonchev–Trinajstić information content (AvgIpc) is 2.58. The molecule has 0 aliphatic carbocycles. The van der Waals surface area contributed by atoms with Crippen molar-refractivity contribution in [1.29, 1.82) is 0 Å². The lowest BCUT2D eigenvalue weighted by atomic mass is 9.76. The summed E-state index contributed by atoms with van der Waals surface area (Å²) in [6.45, 7) is 7.38. The Morgan fingerprint density at radius 2 is 1.76 bits per heavy atom. The molecule has 0 N–H and O–H groups in total. The molecule has 2 atom stereocenters. The van der Waals surface area contributed by atoms with Gasteiger partial charge in [0.25, 0.3) is 11.8 Å². The normalized spacial score (nSPS) is 33.5. The lowest BCUT2D eigenvalue weighted by Gasteiger charge is -2.50. The molecule has 2 heterocycles. The van der Waals surface area contributed by atoms with E-state index in [1.54, 1.807) is 0 Å². The first-order chi connectivity index (χ1) is 7.85. The number of piperidine rings is 1. The standard InChI is InChI=1S/C13H20N2O2/c1-9-10(7-8-14(4)13(9,2)3)15-11(16)5-6-12(15)17/h5-6,9-10H,7-8H2,1-4H3. The van der Waals surface area contributed by atoms with Gasteiger partial charge in [-0.3, -0.25) is 14.5 Å². The SMILES string of the molecule is CC1C(N2C(=O)C=CC2=O)CCN(C)C1(C)C. The highest BCUT2D eigenvalue weighted by molar-refractivity contribution is 6.13. The van der Waals surface area contributed by atoms with Crippen LogP contribution >= 0.6 is 0 Å². The van der Waals surface area contributed by atoms with Crippen LogP contribution < -0.4 is 0 Å². The quantitative estimate of drug-likeness (QED) is 0.638. The largest absolute Gasteiger partial charge is 0.301 e.